The quantitative estimate of drug-likeness (QED) is 0.244. The number of nitrogens with zero attached hydrogens (tertiary/aromatic N) is 2. The number of rotatable bonds is 7. The summed E-state index contributed by atoms with van der Waals surface area (Å²) in [6.45, 7) is 4.52. The van der Waals surface area contributed by atoms with Crippen molar-refractivity contribution >= 4 is 56.0 Å². The first-order valence-electron chi connectivity index (χ1n) is 10.3. The maximum atomic E-state index is 12.9. The zero-order valence-electron chi connectivity index (χ0n) is 17.7. The number of hydrogen-bond acceptors (Lipinski definition) is 3. The molecule has 0 aliphatic rings. The van der Waals surface area contributed by atoms with Gasteiger partial charge < -0.3 is 9.88 Å². The molecule has 2 N–H and O–H groups in total. The lowest BCUT2D eigenvalue weighted by Gasteiger charge is -2.22. The minimum atomic E-state index is -2.37. The number of likely N-dealkylation sites (N-methyl/N-ethyl adjacent to an activating group) is 1. The molecule has 7 nitrogen and oxygen atoms in total. The largest absolute Gasteiger partial charge is 0.360 e. The molecule has 4 aromatic rings. The van der Waals surface area contributed by atoms with Gasteiger partial charge in [0.05, 0.1) is 16.9 Å². The zero-order chi connectivity index (χ0) is 22.8. The highest BCUT2D eigenvalue weighted by atomic mass is 32.2. The highest BCUT2D eigenvalue weighted by Crippen LogP contribution is 2.35. The van der Waals surface area contributed by atoms with Crippen LogP contribution in [0, 0.1) is 0 Å². The molecule has 1 atom stereocenters. The van der Waals surface area contributed by atoms with Crippen molar-refractivity contribution in [3.05, 3.63) is 72.4 Å². The van der Waals surface area contributed by atoms with Crippen LogP contribution in [0.2, 0.25) is 0 Å². The van der Waals surface area contributed by atoms with Crippen LogP contribution >= 0.6 is 0 Å². The molecule has 0 saturated heterocycles. The molecular formula is C24H23N3O4S. The lowest BCUT2D eigenvalue weighted by molar-refractivity contribution is -0.126. The summed E-state index contributed by atoms with van der Waals surface area (Å²) in [5.74, 6) is -1.18. The molecule has 0 fully saturated rings. The van der Waals surface area contributed by atoms with Crippen LogP contribution in [0.15, 0.2) is 66.9 Å². The van der Waals surface area contributed by atoms with E-state index in [2.05, 4.69) is 4.98 Å². The number of ketones is 1. The molecule has 1 unspecified atom stereocenters. The van der Waals surface area contributed by atoms with Gasteiger partial charge in [-0.05, 0) is 43.5 Å². The maximum absolute atomic E-state index is 12.9. The second kappa shape index (κ2) is 8.94. The summed E-state index contributed by atoms with van der Waals surface area (Å²) in [6.07, 6.45) is 1.51. The summed E-state index contributed by atoms with van der Waals surface area (Å²) >= 11 is -2.37. The molecule has 0 saturated carbocycles. The highest BCUT2D eigenvalue weighted by molar-refractivity contribution is 7.81. The Morgan fingerprint density at radius 2 is 1.69 bits per heavy atom. The molecule has 3 aromatic carbocycles. The number of carbonyl (C=O) groups excluding carboxylic acids is 2. The lowest BCUT2D eigenvalue weighted by Crippen LogP contribution is -2.36. The van der Waals surface area contributed by atoms with E-state index in [9.17, 15) is 18.4 Å². The molecular weight excluding hydrogens is 426 g/mol. The molecule has 1 aromatic heterocycles. The molecule has 32 heavy (non-hydrogen) atoms. The van der Waals surface area contributed by atoms with Gasteiger partial charge in [0.15, 0.2) is 0 Å². The third-order valence-electron chi connectivity index (χ3n) is 5.53. The van der Waals surface area contributed by atoms with Gasteiger partial charge in [0, 0.05) is 35.6 Å². The van der Waals surface area contributed by atoms with Gasteiger partial charge in [0.25, 0.3) is 23.0 Å². The first kappa shape index (κ1) is 21.7. The van der Waals surface area contributed by atoms with Crippen LogP contribution in [0.1, 0.15) is 24.2 Å². The normalized spacial score (nSPS) is 12.1. The molecule has 4 rings (SSSR count). The Morgan fingerprint density at radius 3 is 2.41 bits per heavy atom. The van der Waals surface area contributed by atoms with Gasteiger partial charge in [0.2, 0.25) is 0 Å². The second-order valence-electron chi connectivity index (χ2n) is 7.26. The standard InChI is InChI=1S/C24H23N3O4S/c1-3-26(4-2)24(29)23(28)20-15-25-21-13-12-17(14-19(20)21)27(32(30)31)22-11-7-9-16-8-5-6-10-18(16)22/h5-15,25H,3-4H2,1-2H3,(H,30,31). The molecule has 8 heteroatoms. The van der Waals surface area contributed by atoms with Crippen molar-refractivity contribution in [2.24, 2.45) is 0 Å². The molecule has 1 heterocycles. The van der Waals surface area contributed by atoms with Crippen molar-refractivity contribution in [2.75, 3.05) is 17.4 Å². The third-order valence-corrected chi connectivity index (χ3v) is 6.25. The summed E-state index contributed by atoms with van der Waals surface area (Å²) in [4.78, 5) is 30.0. The Kier molecular flexibility index (Phi) is 6.07. The van der Waals surface area contributed by atoms with Crippen LogP contribution in [0.25, 0.3) is 21.7 Å². The number of carbonyl (C=O) groups is 2. The fourth-order valence-electron chi connectivity index (χ4n) is 3.89. The van der Waals surface area contributed by atoms with Crippen molar-refractivity contribution in [2.45, 2.75) is 13.8 Å². The number of Topliss-reactive ketones (excluding diaryl/α,β-unsaturated/α-hetero) is 1. The fraction of sp³-hybridized carbons (Fsp3) is 0.167. The van der Waals surface area contributed by atoms with Gasteiger partial charge in [0.1, 0.15) is 0 Å². The maximum Gasteiger partial charge on any atom is 0.295 e. The van der Waals surface area contributed by atoms with Crippen LogP contribution in [0.5, 0.6) is 0 Å². The van der Waals surface area contributed by atoms with Crippen LogP contribution < -0.4 is 4.31 Å². The number of hydrogen-bond donors (Lipinski definition) is 2. The van der Waals surface area contributed by atoms with E-state index >= 15 is 0 Å². The van der Waals surface area contributed by atoms with Crippen molar-refractivity contribution < 1.29 is 18.4 Å². The van der Waals surface area contributed by atoms with E-state index in [4.69, 9.17) is 0 Å². The van der Waals surface area contributed by atoms with Gasteiger partial charge in [-0.25, -0.2) is 8.51 Å². The molecule has 0 spiro atoms. The number of nitrogens with one attached hydrogen (secondary N) is 1. The molecule has 0 bridgehead atoms. The summed E-state index contributed by atoms with van der Waals surface area (Å²) in [6, 6.07) is 18.2. The number of benzene rings is 3. The average molecular weight is 450 g/mol. The van der Waals surface area contributed by atoms with Gasteiger partial charge in [-0.15, -0.1) is 0 Å². The van der Waals surface area contributed by atoms with E-state index in [1.807, 2.05) is 50.2 Å². The fourth-order valence-corrected chi connectivity index (χ4v) is 4.51. The number of amides is 1. The van der Waals surface area contributed by atoms with Crippen molar-refractivity contribution in [1.29, 1.82) is 0 Å². The first-order valence-corrected chi connectivity index (χ1v) is 11.4. The SMILES string of the molecule is CCN(CC)C(=O)C(=O)c1c[nH]c2ccc(N(c3cccc4ccccc34)S(=O)O)cc12. The van der Waals surface area contributed by atoms with Crippen LogP contribution in [0.3, 0.4) is 0 Å². The average Bonchev–Trinajstić information content (AvgIpc) is 3.23. The zero-order valence-corrected chi connectivity index (χ0v) is 18.6. The second-order valence-corrected chi connectivity index (χ2v) is 8.09. The highest BCUT2D eigenvalue weighted by Gasteiger charge is 2.25. The molecule has 1 amide bonds. The molecule has 0 radical (unpaired) electrons. The Morgan fingerprint density at radius 1 is 0.969 bits per heavy atom. The number of H-pyrrole nitrogens is 1. The van der Waals surface area contributed by atoms with Gasteiger partial charge in [-0.2, -0.15) is 0 Å². The van der Waals surface area contributed by atoms with Crippen LogP contribution in [-0.2, 0) is 16.1 Å². The number of anilines is 2. The minimum Gasteiger partial charge on any atom is -0.360 e. The van der Waals surface area contributed by atoms with E-state index in [1.54, 1.807) is 24.3 Å². The van der Waals surface area contributed by atoms with E-state index in [0.29, 0.717) is 35.4 Å². The predicted octanol–water partition coefficient (Wildman–Crippen LogP) is 4.65. The van der Waals surface area contributed by atoms with Crippen molar-refractivity contribution in [3.63, 3.8) is 0 Å². The monoisotopic (exact) mass is 449 g/mol. The molecule has 164 valence electrons. The number of aromatic amines is 1. The number of aromatic nitrogens is 1. The molecule has 0 aliphatic heterocycles. The summed E-state index contributed by atoms with van der Waals surface area (Å²) in [5, 5.41) is 2.27. The number of fused-ring (bicyclic) bond motifs is 2. The Bertz CT molecular complexity index is 1340. The Labute approximate surface area is 188 Å². The van der Waals surface area contributed by atoms with Crippen LogP contribution in [-0.4, -0.2) is 43.4 Å². The summed E-state index contributed by atoms with van der Waals surface area (Å²) in [7, 11) is 0. The van der Waals surface area contributed by atoms with Crippen molar-refractivity contribution in [1.82, 2.24) is 9.88 Å². The van der Waals surface area contributed by atoms with E-state index in [-0.39, 0.29) is 5.56 Å². The topological polar surface area (TPSA) is 93.7 Å². The first-order chi connectivity index (χ1) is 15.5. The lowest BCUT2D eigenvalue weighted by atomic mass is 10.1. The van der Waals surface area contributed by atoms with Gasteiger partial charge in [-0.3, -0.25) is 14.1 Å². The van der Waals surface area contributed by atoms with Gasteiger partial charge >= 0.3 is 0 Å². The predicted molar refractivity (Wildman–Crippen MR) is 127 cm³/mol. The van der Waals surface area contributed by atoms with E-state index in [0.717, 1.165) is 10.8 Å². The summed E-state index contributed by atoms with van der Waals surface area (Å²) < 4.78 is 23.9. The Hall–Kier alpha value is -3.49. The summed E-state index contributed by atoms with van der Waals surface area (Å²) in [5.41, 5.74) is 1.89. The molecule has 0 aliphatic carbocycles. The van der Waals surface area contributed by atoms with Crippen molar-refractivity contribution in [3.8, 4) is 0 Å². The van der Waals surface area contributed by atoms with Gasteiger partial charge in [-0.1, -0.05) is 36.4 Å². The minimum absolute atomic E-state index is 0.236. The smallest absolute Gasteiger partial charge is 0.295 e. The van der Waals surface area contributed by atoms with E-state index in [1.165, 1.54) is 15.4 Å². The Balaban J connectivity index is 1.83. The third kappa shape index (κ3) is 3.79. The van der Waals surface area contributed by atoms with E-state index < -0.39 is 23.0 Å². The van der Waals surface area contributed by atoms with Crippen LogP contribution in [0.4, 0.5) is 11.4 Å².